The molecule has 3 nitrogen and oxygen atoms in total. The normalized spacial score (nSPS) is 29.5. The molecule has 8 bridgehead atoms. The van der Waals surface area contributed by atoms with E-state index in [4.69, 9.17) is 4.98 Å². The predicted octanol–water partition coefficient (Wildman–Crippen LogP) is 15.2. The van der Waals surface area contributed by atoms with E-state index in [0.717, 1.165) is 47.8 Å². The summed E-state index contributed by atoms with van der Waals surface area (Å²) in [6.45, 7) is 31.2. The SMILES string of the molecule is CC(C)(C)c1ccc(N2c3ccc(C(C)(C)C)cc3B3c4sc5ccc(C(C)(C)C)cc5c4N(c4ccc5c(c4)C(C)(C)CC5(C)C)c4nc(C56CC7C8CC9CC7C(C5)C(C9)C8C6)cc2c43)cc1. The highest BCUT2D eigenvalue weighted by Gasteiger charge is 2.68. The van der Waals surface area contributed by atoms with E-state index in [1.165, 1.54) is 132 Å². The van der Waals surface area contributed by atoms with Gasteiger partial charge in [0.2, 0.25) is 0 Å². The van der Waals surface area contributed by atoms with Gasteiger partial charge >= 0.3 is 0 Å². The molecule has 0 atom stereocenters. The minimum Gasteiger partial charge on any atom is -0.311 e. The zero-order valence-corrected chi connectivity index (χ0v) is 44.7. The highest BCUT2D eigenvalue weighted by Crippen LogP contribution is 2.74. The first kappa shape index (κ1) is 43.4. The van der Waals surface area contributed by atoms with Crippen LogP contribution in [0, 0.1) is 41.4 Å². The van der Waals surface area contributed by atoms with Crippen LogP contribution in [0.25, 0.3) is 10.1 Å². The Morgan fingerprint density at radius 2 is 1.13 bits per heavy atom. The maximum atomic E-state index is 6.42. The van der Waals surface area contributed by atoms with Crippen LogP contribution in [0.2, 0.25) is 0 Å². The molecule has 354 valence electrons. The molecule has 0 unspecified atom stereocenters. The summed E-state index contributed by atoms with van der Waals surface area (Å²) in [5.41, 5.74) is 18.3. The van der Waals surface area contributed by atoms with Gasteiger partial charge in [-0.25, -0.2) is 4.98 Å². The summed E-state index contributed by atoms with van der Waals surface area (Å²) < 4.78 is 2.83. The van der Waals surface area contributed by atoms with Crippen LogP contribution < -0.4 is 25.5 Å². The summed E-state index contributed by atoms with van der Waals surface area (Å²) in [6, 6.07) is 34.9. The number of pyridine rings is 1. The van der Waals surface area contributed by atoms with Crippen molar-refractivity contribution in [1.29, 1.82) is 0 Å². The topological polar surface area (TPSA) is 19.4 Å². The van der Waals surface area contributed by atoms with Crippen LogP contribution in [0.5, 0.6) is 0 Å². The van der Waals surface area contributed by atoms with Gasteiger partial charge in [0.25, 0.3) is 6.71 Å². The van der Waals surface area contributed by atoms with Crippen LogP contribution in [-0.2, 0) is 32.5 Å². The van der Waals surface area contributed by atoms with E-state index >= 15 is 0 Å². The van der Waals surface area contributed by atoms with Gasteiger partial charge in [0.05, 0.1) is 11.4 Å². The molecule has 7 saturated carbocycles. The fourth-order valence-corrected chi connectivity index (χ4v) is 18.8. The summed E-state index contributed by atoms with van der Waals surface area (Å²) in [5, 5.41) is 1.37. The zero-order chi connectivity index (χ0) is 47.9. The number of fused-ring (bicyclic) bond motifs is 7. The van der Waals surface area contributed by atoms with Gasteiger partial charge < -0.3 is 4.90 Å². The second-order valence-corrected chi connectivity index (χ2v) is 29.7. The van der Waals surface area contributed by atoms with Gasteiger partial charge in [0, 0.05) is 43.0 Å². The fourth-order valence-electron chi connectivity index (χ4n) is 17.5. The second kappa shape index (κ2) is 13.6. The molecule has 7 fully saturated rings. The molecular formula is C64H74BN3S. The van der Waals surface area contributed by atoms with Crippen molar-refractivity contribution in [2.75, 3.05) is 9.80 Å². The Balaban J connectivity index is 1.09. The van der Waals surface area contributed by atoms with E-state index < -0.39 is 0 Å². The van der Waals surface area contributed by atoms with Crippen molar-refractivity contribution in [3.05, 3.63) is 118 Å². The van der Waals surface area contributed by atoms with Crippen LogP contribution in [0.4, 0.5) is 34.3 Å². The largest absolute Gasteiger partial charge is 0.311 e. The first-order valence-corrected chi connectivity index (χ1v) is 27.9. The van der Waals surface area contributed by atoms with E-state index in [1.807, 2.05) is 11.3 Å². The molecule has 4 aromatic carbocycles. The third-order valence-corrected chi connectivity index (χ3v) is 21.6. The summed E-state index contributed by atoms with van der Waals surface area (Å²) in [5.74, 6) is 7.65. The number of nitrogens with zero attached hydrogens (tertiary/aromatic N) is 3. The molecule has 10 aliphatic rings. The van der Waals surface area contributed by atoms with Crippen molar-refractivity contribution >= 4 is 78.1 Å². The minimum absolute atomic E-state index is 0.00695. The van der Waals surface area contributed by atoms with E-state index in [1.54, 1.807) is 0 Å². The Bertz CT molecular complexity index is 3120. The first-order chi connectivity index (χ1) is 32.5. The molecule has 2 aromatic heterocycles. The summed E-state index contributed by atoms with van der Waals surface area (Å²) in [7, 11) is 0. The Hall–Kier alpha value is -4.35. The lowest BCUT2D eigenvalue weighted by atomic mass is 9.32. The maximum absolute atomic E-state index is 6.42. The number of aromatic nitrogens is 1. The molecule has 2 aliphatic heterocycles. The predicted molar refractivity (Wildman–Crippen MR) is 294 cm³/mol. The highest BCUT2D eigenvalue weighted by molar-refractivity contribution is 7.33. The lowest BCUT2D eigenvalue weighted by Gasteiger charge is -2.72. The Kier molecular flexibility index (Phi) is 8.55. The van der Waals surface area contributed by atoms with E-state index in [2.05, 4.69) is 185 Å². The van der Waals surface area contributed by atoms with Crippen molar-refractivity contribution in [2.24, 2.45) is 41.4 Å². The number of rotatable bonds is 3. The first-order valence-electron chi connectivity index (χ1n) is 27.1. The molecule has 6 aromatic rings. The molecule has 8 aliphatic carbocycles. The average Bonchev–Trinajstić information content (AvgIpc) is 3.75. The molecule has 69 heavy (non-hydrogen) atoms. The summed E-state index contributed by atoms with van der Waals surface area (Å²) >= 11 is 2.04. The zero-order valence-electron chi connectivity index (χ0n) is 43.9. The lowest BCUT2D eigenvalue weighted by molar-refractivity contribution is -0.213. The molecule has 4 heterocycles. The molecule has 0 N–H and O–H groups in total. The van der Waals surface area contributed by atoms with E-state index in [9.17, 15) is 0 Å². The van der Waals surface area contributed by atoms with Gasteiger partial charge in [-0.15, -0.1) is 11.3 Å². The molecule has 0 saturated heterocycles. The van der Waals surface area contributed by atoms with Crippen molar-refractivity contribution in [2.45, 2.75) is 167 Å². The molecule has 16 rings (SSSR count). The molecule has 0 spiro atoms. The number of anilines is 6. The van der Waals surface area contributed by atoms with E-state index in [-0.39, 0.29) is 39.2 Å². The van der Waals surface area contributed by atoms with Gasteiger partial charge in [0.1, 0.15) is 5.82 Å². The second-order valence-electron chi connectivity index (χ2n) is 28.6. The molecule has 0 radical (unpaired) electrons. The Morgan fingerprint density at radius 1 is 0.565 bits per heavy atom. The van der Waals surface area contributed by atoms with Gasteiger partial charge in [0.15, 0.2) is 0 Å². The molecule has 0 amide bonds. The minimum atomic E-state index is -0.00695. The van der Waals surface area contributed by atoms with Crippen molar-refractivity contribution in [3.8, 4) is 0 Å². The van der Waals surface area contributed by atoms with Gasteiger partial charge in [-0.3, -0.25) is 4.90 Å². The fraction of sp³-hybridized carbons (Fsp3) is 0.516. The van der Waals surface area contributed by atoms with Crippen LogP contribution in [0.3, 0.4) is 0 Å². The van der Waals surface area contributed by atoms with Gasteiger partial charge in [-0.1, -0.05) is 126 Å². The Labute approximate surface area is 418 Å². The van der Waals surface area contributed by atoms with Crippen LogP contribution >= 0.6 is 11.3 Å². The highest BCUT2D eigenvalue weighted by atomic mass is 32.1. The van der Waals surface area contributed by atoms with E-state index in [0.29, 0.717) is 0 Å². The van der Waals surface area contributed by atoms with Crippen molar-refractivity contribution in [3.63, 3.8) is 0 Å². The van der Waals surface area contributed by atoms with Crippen molar-refractivity contribution < 1.29 is 0 Å². The quantitative estimate of drug-likeness (QED) is 0.165. The number of thiophene rings is 1. The maximum Gasteiger partial charge on any atom is 0.266 e. The number of hydrogen-bond donors (Lipinski definition) is 0. The van der Waals surface area contributed by atoms with Gasteiger partial charge in [-0.05, 0) is 201 Å². The number of benzene rings is 4. The summed E-state index contributed by atoms with van der Waals surface area (Å²) in [4.78, 5) is 11.8. The average molecular weight is 928 g/mol. The van der Waals surface area contributed by atoms with Crippen LogP contribution in [0.1, 0.15) is 168 Å². The monoisotopic (exact) mass is 928 g/mol. The van der Waals surface area contributed by atoms with Crippen LogP contribution in [-0.4, -0.2) is 11.7 Å². The third-order valence-electron chi connectivity index (χ3n) is 20.4. The standard InChI is InChI=1S/C64H74BN3S/c1-59(2,3)36-14-18-39(19-15-36)67-51-22-16-38(61(7,8)9)28-50(51)65-55-52(67)30-54(64-31-45-41-24-35-25-42(45)47(33-64)43(26-35)46(41)32-64)66-58(55)68(40-20-21-48-49(29-40)63(12,13)34-62(48,10)11)56-44-27-37(60(4,5)6)17-23-53(44)69-57(56)65/h14-23,27-30,35,41-43,45-47H,24-26,31-34H2,1-13H3. The molecular weight excluding hydrogens is 854 g/mol. The van der Waals surface area contributed by atoms with Crippen LogP contribution in [0.15, 0.2) is 84.9 Å². The van der Waals surface area contributed by atoms with Gasteiger partial charge in [-0.2, -0.15) is 0 Å². The number of hydrogen-bond acceptors (Lipinski definition) is 4. The lowest BCUT2D eigenvalue weighted by Crippen LogP contribution is -2.66. The Morgan fingerprint density at radius 3 is 1.75 bits per heavy atom. The third kappa shape index (κ3) is 5.95. The van der Waals surface area contributed by atoms with Crippen molar-refractivity contribution in [1.82, 2.24) is 4.98 Å². The summed E-state index contributed by atoms with van der Waals surface area (Å²) in [6.07, 6.45) is 9.66. The molecule has 5 heteroatoms. The smallest absolute Gasteiger partial charge is 0.266 e.